The molecule has 1 atom stereocenters. The van der Waals surface area contributed by atoms with E-state index >= 15 is 0 Å². The summed E-state index contributed by atoms with van der Waals surface area (Å²) in [5, 5.41) is 3.00. The summed E-state index contributed by atoms with van der Waals surface area (Å²) in [7, 11) is 0. The first kappa shape index (κ1) is 17.8. The summed E-state index contributed by atoms with van der Waals surface area (Å²) in [6, 6.07) is 10.4. The normalized spacial score (nSPS) is 16.8. The molecule has 0 radical (unpaired) electrons. The predicted octanol–water partition coefficient (Wildman–Crippen LogP) is 4.69. The zero-order valence-corrected chi connectivity index (χ0v) is 15.9. The molecule has 1 N–H and O–H groups in total. The molecule has 25 heavy (non-hydrogen) atoms. The zero-order chi connectivity index (χ0) is 18.0. The van der Waals surface area contributed by atoms with Crippen molar-refractivity contribution in [3.63, 3.8) is 0 Å². The van der Waals surface area contributed by atoms with Gasteiger partial charge in [0.05, 0.1) is 0 Å². The molecular formula is C22H30N2O. The predicted molar refractivity (Wildman–Crippen MR) is 103 cm³/mol. The quantitative estimate of drug-likeness (QED) is 0.843. The highest BCUT2D eigenvalue weighted by atomic mass is 16.1. The molecule has 1 aromatic heterocycles. The van der Waals surface area contributed by atoms with E-state index in [2.05, 4.69) is 55.8 Å². The molecule has 0 saturated heterocycles. The fourth-order valence-electron chi connectivity index (χ4n) is 3.76. The van der Waals surface area contributed by atoms with Gasteiger partial charge in [0.2, 0.25) is 0 Å². The highest BCUT2D eigenvalue weighted by molar-refractivity contribution is 5.94. The van der Waals surface area contributed by atoms with E-state index < -0.39 is 0 Å². The first-order valence-electron chi connectivity index (χ1n) is 9.54. The molecule has 1 heterocycles. The monoisotopic (exact) mass is 338 g/mol. The molecule has 1 aliphatic carbocycles. The number of fused-ring (bicyclic) bond motifs is 1. The number of benzene rings is 1. The number of aryl methyl sites for hydroxylation is 1. The number of nitrogens with zero attached hydrogens (tertiary/aromatic N) is 1. The fourth-order valence-corrected chi connectivity index (χ4v) is 3.76. The number of hydrogen-bond donors (Lipinski definition) is 1. The lowest BCUT2D eigenvalue weighted by atomic mass is 9.89. The maximum atomic E-state index is 12.2. The Balaban J connectivity index is 1.76. The molecule has 3 heteroatoms. The Hall–Kier alpha value is -2.03. The highest BCUT2D eigenvalue weighted by Gasteiger charge is 2.21. The maximum absolute atomic E-state index is 12.2. The van der Waals surface area contributed by atoms with Crippen LogP contribution in [0.15, 0.2) is 30.3 Å². The van der Waals surface area contributed by atoms with Crippen molar-refractivity contribution in [2.75, 3.05) is 6.54 Å². The Morgan fingerprint density at radius 1 is 1.28 bits per heavy atom. The van der Waals surface area contributed by atoms with Crippen molar-refractivity contribution in [1.29, 1.82) is 0 Å². The van der Waals surface area contributed by atoms with E-state index in [-0.39, 0.29) is 5.91 Å². The van der Waals surface area contributed by atoms with Gasteiger partial charge in [-0.25, -0.2) is 0 Å². The van der Waals surface area contributed by atoms with Crippen LogP contribution in [0.4, 0.5) is 0 Å². The van der Waals surface area contributed by atoms with Crippen molar-refractivity contribution < 1.29 is 4.79 Å². The summed E-state index contributed by atoms with van der Waals surface area (Å²) < 4.78 is 2.36. The number of hydrogen-bond acceptors (Lipinski definition) is 1. The van der Waals surface area contributed by atoms with E-state index in [1.54, 1.807) is 0 Å². The van der Waals surface area contributed by atoms with Crippen molar-refractivity contribution >= 4 is 5.91 Å². The van der Waals surface area contributed by atoms with Gasteiger partial charge in [-0.05, 0) is 80.3 Å². The Labute approximate surface area is 151 Å². The summed E-state index contributed by atoms with van der Waals surface area (Å²) >= 11 is 0. The van der Waals surface area contributed by atoms with Crippen LogP contribution in [0.2, 0.25) is 0 Å². The van der Waals surface area contributed by atoms with Gasteiger partial charge in [0, 0.05) is 29.2 Å². The van der Waals surface area contributed by atoms with Crippen molar-refractivity contribution in [2.45, 2.75) is 53.4 Å². The van der Waals surface area contributed by atoms with Crippen LogP contribution in [-0.4, -0.2) is 17.0 Å². The molecule has 0 bridgehead atoms. The van der Waals surface area contributed by atoms with E-state index in [0.29, 0.717) is 5.92 Å². The summed E-state index contributed by atoms with van der Waals surface area (Å²) in [6.07, 6.45) is 4.59. The average molecular weight is 338 g/mol. The lowest BCUT2D eigenvalue weighted by Gasteiger charge is -2.21. The number of aromatic nitrogens is 1. The van der Waals surface area contributed by atoms with Gasteiger partial charge in [-0.15, -0.1) is 0 Å². The lowest BCUT2D eigenvalue weighted by molar-refractivity contribution is 0.0952. The summed E-state index contributed by atoms with van der Waals surface area (Å²) in [5.74, 6) is 1.40. The van der Waals surface area contributed by atoms with E-state index in [1.807, 2.05) is 12.1 Å². The third-order valence-electron chi connectivity index (χ3n) is 5.21. The standard InChI is InChI=1S/C22H30N2O/c1-15(2)11-12-23-22(25)18-6-8-20(9-7-18)24-17(4)14-19-13-16(3)5-10-21(19)24/h6-9,14-16H,5,10-13H2,1-4H3,(H,23,25). The second kappa shape index (κ2) is 7.47. The summed E-state index contributed by atoms with van der Waals surface area (Å²) in [4.78, 5) is 12.2. The van der Waals surface area contributed by atoms with E-state index in [1.165, 1.54) is 29.8 Å². The van der Waals surface area contributed by atoms with Crippen LogP contribution in [0.1, 0.15) is 60.9 Å². The number of carbonyl (C=O) groups is 1. The number of amides is 1. The molecule has 1 unspecified atom stereocenters. The van der Waals surface area contributed by atoms with Crippen molar-refractivity contribution in [3.8, 4) is 5.69 Å². The van der Waals surface area contributed by atoms with E-state index in [0.717, 1.165) is 36.6 Å². The molecular weight excluding hydrogens is 308 g/mol. The molecule has 1 amide bonds. The molecule has 0 fully saturated rings. The second-order valence-electron chi connectivity index (χ2n) is 7.93. The van der Waals surface area contributed by atoms with Gasteiger partial charge in [-0.2, -0.15) is 0 Å². The molecule has 0 aliphatic heterocycles. The van der Waals surface area contributed by atoms with Crippen molar-refractivity contribution in [2.24, 2.45) is 11.8 Å². The fraction of sp³-hybridized carbons (Fsp3) is 0.500. The van der Waals surface area contributed by atoms with Gasteiger partial charge in [-0.3, -0.25) is 4.79 Å². The first-order chi connectivity index (χ1) is 12.0. The third-order valence-corrected chi connectivity index (χ3v) is 5.21. The Morgan fingerprint density at radius 3 is 2.68 bits per heavy atom. The number of rotatable bonds is 5. The number of carbonyl (C=O) groups excluding carboxylic acids is 1. The zero-order valence-electron chi connectivity index (χ0n) is 15.9. The highest BCUT2D eigenvalue weighted by Crippen LogP contribution is 2.30. The molecule has 0 saturated carbocycles. The van der Waals surface area contributed by atoms with Gasteiger partial charge in [0.25, 0.3) is 5.91 Å². The lowest BCUT2D eigenvalue weighted by Crippen LogP contribution is -2.25. The van der Waals surface area contributed by atoms with Crippen LogP contribution in [0.5, 0.6) is 0 Å². The molecule has 3 nitrogen and oxygen atoms in total. The molecule has 2 aromatic rings. The van der Waals surface area contributed by atoms with Crippen LogP contribution >= 0.6 is 0 Å². The van der Waals surface area contributed by atoms with Crippen molar-refractivity contribution in [1.82, 2.24) is 9.88 Å². The van der Waals surface area contributed by atoms with Crippen LogP contribution in [0, 0.1) is 18.8 Å². The number of nitrogens with one attached hydrogen (secondary N) is 1. The van der Waals surface area contributed by atoms with Crippen LogP contribution in [-0.2, 0) is 12.8 Å². The van der Waals surface area contributed by atoms with Gasteiger partial charge in [-0.1, -0.05) is 20.8 Å². The molecule has 3 rings (SSSR count). The topological polar surface area (TPSA) is 34.0 Å². The minimum absolute atomic E-state index is 0.0206. The van der Waals surface area contributed by atoms with Crippen molar-refractivity contribution in [3.05, 3.63) is 52.8 Å². The van der Waals surface area contributed by atoms with Crippen LogP contribution in [0.3, 0.4) is 0 Å². The molecule has 0 spiro atoms. The Kier molecular flexibility index (Phi) is 5.31. The summed E-state index contributed by atoms with van der Waals surface area (Å²) in [6.45, 7) is 9.59. The first-order valence-corrected chi connectivity index (χ1v) is 9.54. The smallest absolute Gasteiger partial charge is 0.251 e. The van der Waals surface area contributed by atoms with Gasteiger partial charge in [0.1, 0.15) is 0 Å². The van der Waals surface area contributed by atoms with E-state index in [4.69, 9.17) is 0 Å². The Bertz CT molecular complexity index is 740. The third kappa shape index (κ3) is 3.97. The van der Waals surface area contributed by atoms with Crippen LogP contribution in [0.25, 0.3) is 5.69 Å². The minimum atomic E-state index is 0.0206. The molecule has 1 aromatic carbocycles. The SMILES string of the molecule is Cc1cc2c(n1-c1ccc(C(=O)NCCC(C)C)cc1)CCC(C)C2. The molecule has 134 valence electrons. The second-order valence-corrected chi connectivity index (χ2v) is 7.93. The van der Waals surface area contributed by atoms with Gasteiger partial charge in [0.15, 0.2) is 0 Å². The average Bonchev–Trinajstić information content (AvgIpc) is 2.89. The van der Waals surface area contributed by atoms with Gasteiger partial charge >= 0.3 is 0 Å². The van der Waals surface area contributed by atoms with Crippen LogP contribution < -0.4 is 5.32 Å². The maximum Gasteiger partial charge on any atom is 0.251 e. The van der Waals surface area contributed by atoms with E-state index in [9.17, 15) is 4.79 Å². The largest absolute Gasteiger partial charge is 0.352 e. The minimum Gasteiger partial charge on any atom is -0.352 e. The van der Waals surface area contributed by atoms with Gasteiger partial charge < -0.3 is 9.88 Å². The molecule has 1 aliphatic rings. The summed E-state index contributed by atoms with van der Waals surface area (Å²) in [5.41, 5.74) is 6.12. The Morgan fingerprint density at radius 2 is 2.00 bits per heavy atom.